The van der Waals surface area contributed by atoms with Crippen LogP contribution in [0.1, 0.15) is 12.7 Å². The van der Waals surface area contributed by atoms with Gasteiger partial charge in [0, 0.05) is 24.7 Å². The molecular formula is C12H17N5. The van der Waals surface area contributed by atoms with Crippen LogP contribution in [0.25, 0.3) is 11.3 Å². The van der Waals surface area contributed by atoms with Crippen molar-refractivity contribution in [2.45, 2.75) is 13.3 Å². The third-order valence-corrected chi connectivity index (χ3v) is 2.44. The maximum atomic E-state index is 5.49. The molecule has 90 valence electrons. The van der Waals surface area contributed by atoms with Crippen LogP contribution in [0.3, 0.4) is 0 Å². The van der Waals surface area contributed by atoms with Crippen LogP contribution < -0.4 is 11.1 Å². The highest BCUT2D eigenvalue weighted by molar-refractivity contribution is 5.62. The molecule has 2 rings (SSSR count). The molecule has 2 aromatic rings. The molecule has 5 heteroatoms. The maximum absolute atomic E-state index is 5.49. The van der Waals surface area contributed by atoms with Gasteiger partial charge in [0.1, 0.15) is 11.6 Å². The fourth-order valence-electron chi connectivity index (χ4n) is 1.65. The van der Waals surface area contributed by atoms with Gasteiger partial charge in [-0.25, -0.2) is 9.97 Å². The molecule has 0 saturated heterocycles. The minimum Gasteiger partial charge on any atom is -0.370 e. The molecule has 0 aromatic carbocycles. The van der Waals surface area contributed by atoms with E-state index in [1.807, 2.05) is 25.3 Å². The van der Waals surface area contributed by atoms with Gasteiger partial charge in [-0.05, 0) is 25.6 Å². The van der Waals surface area contributed by atoms with Gasteiger partial charge in [0.25, 0.3) is 0 Å². The van der Waals surface area contributed by atoms with Gasteiger partial charge < -0.3 is 16.0 Å². The summed E-state index contributed by atoms with van der Waals surface area (Å²) in [7, 11) is 0. The summed E-state index contributed by atoms with van der Waals surface area (Å²) in [6.45, 7) is 3.51. The van der Waals surface area contributed by atoms with Gasteiger partial charge >= 0.3 is 0 Å². The van der Waals surface area contributed by atoms with Crippen molar-refractivity contribution in [3.8, 4) is 11.3 Å². The SMILES string of the molecule is CCNc1cc(-c2cnc(CCN)[nH]2)ccn1. The summed E-state index contributed by atoms with van der Waals surface area (Å²) in [5.74, 6) is 1.80. The van der Waals surface area contributed by atoms with E-state index < -0.39 is 0 Å². The summed E-state index contributed by atoms with van der Waals surface area (Å²) < 4.78 is 0. The third-order valence-electron chi connectivity index (χ3n) is 2.44. The molecule has 2 aromatic heterocycles. The average molecular weight is 231 g/mol. The van der Waals surface area contributed by atoms with Crippen LogP contribution in [0.5, 0.6) is 0 Å². The Kier molecular flexibility index (Phi) is 3.72. The molecule has 2 heterocycles. The zero-order valence-electron chi connectivity index (χ0n) is 9.90. The number of nitrogens with one attached hydrogen (secondary N) is 2. The van der Waals surface area contributed by atoms with Gasteiger partial charge in [0.15, 0.2) is 0 Å². The number of hydrogen-bond acceptors (Lipinski definition) is 4. The second kappa shape index (κ2) is 5.45. The summed E-state index contributed by atoms with van der Waals surface area (Å²) in [6.07, 6.45) is 4.39. The number of imidazole rings is 1. The topological polar surface area (TPSA) is 79.6 Å². The van der Waals surface area contributed by atoms with Gasteiger partial charge in [-0.15, -0.1) is 0 Å². The molecule has 0 aliphatic carbocycles. The lowest BCUT2D eigenvalue weighted by Gasteiger charge is -2.03. The van der Waals surface area contributed by atoms with Gasteiger partial charge in [-0.1, -0.05) is 0 Å². The van der Waals surface area contributed by atoms with Crippen molar-refractivity contribution >= 4 is 5.82 Å². The van der Waals surface area contributed by atoms with Crippen LogP contribution in [0.2, 0.25) is 0 Å². The van der Waals surface area contributed by atoms with E-state index in [2.05, 4.69) is 20.3 Å². The highest BCUT2D eigenvalue weighted by Gasteiger charge is 2.03. The fourth-order valence-corrected chi connectivity index (χ4v) is 1.65. The lowest BCUT2D eigenvalue weighted by molar-refractivity contribution is 0.895. The van der Waals surface area contributed by atoms with Crippen LogP contribution in [0, 0.1) is 0 Å². The van der Waals surface area contributed by atoms with E-state index in [9.17, 15) is 0 Å². The molecule has 0 saturated carbocycles. The highest BCUT2D eigenvalue weighted by Crippen LogP contribution is 2.19. The molecule has 0 radical (unpaired) electrons. The Labute approximate surface area is 100 Å². The number of H-pyrrole nitrogens is 1. The van der Waals surface area contributed by atoms with Crippen molar-refractivity contribution in [2.75, 3.05) is 18.4 Å². The van der Waals surface area contributed by atoms with E-state index in [0.717, 1.165) is 35.9 Å². The fraction of sp³-hybridized carbons (Fsp3) is 0.333. The number of anilines is 1. The summed E-state index contributed by atoms with van der Waals surface area (Å²) >= 11 is 0. The molecule has 17 heavy (non-hydrogen) atoms. The first-order valence-electron chi connectivity index (χ1n) is 5.77. The Morgan fingerprint density at radius 2 is 2.29 bits per heavy atom. The van der Waals surface area contributed by atoms with Crippen LogP contribution in [-0.4, -0.2) is 28.0 Å². The Bertz CT molecular complexity index is 477. The number of pyridine rings is 1. The van der Waals surface area contributed by atoms with Crippen molar-refractivity contribution in [1.82, 2.24) is 15.0 Å². The van der Waals surface area contributed by atoms with E-state index >= 15 is 0 Å². The van der Waals surface area contributed by atoms with Gasteiger partial charge in [-0.3, -0.25) is 0 Å². The Morgan fingerprint density at radius 1 is 1.41 bits per heavy atom. The zero-order valence-corrected chi connectivity index (χ0v) is 9.90. The van der Waals surface area contributed by atoms with Crippen LogP contribution in [0.4, 0.5) is 5.82 Å². The van der Waals surface area contributed by atoms with Gasteiger partial charge in [0.05, 0.1) is 11.9 Å². The van der Waals surface area contributed by atoms with Crippen LogP contribution >= 0.6 is 0 Å². The second-order valence-corrected chi connectivity index (χ2v) is 3.74. The van der Waals surface area contributed by atoms with Crippen molar-refractivity contribution in [2.24, 2.45) is 5.73 Å². The number of aromatic nitrogens is 3. The third kappa shape index (κ3) is 2.82. The molecule has 5 nitrogen and oxygen atoms in total. The van der Waals surface area contributed by atoms with Crippen molar-refractivity contribution < 1.29 is 0 Å². The first kappa shape index (κ1) is 11.6. The van der Waals surface area contributed by atoms with Gasteiger partial charge in [0.2, 0.25) is 0 Å². The van der Waals surface area contributed by atoms with Crippen LogP contribution in [0.15, 0.2) is 24.5 Å². The number of aromatic amines is 1. The molecule has 0 aliphatic rings. The molecule has 0 fully saturated rings. The minimum absolute atomic E-state index is 0.603. The molecule has 0 unspecified atom stereocenters. The predicted molar refractivity (Wildman–Crippen MR) is 68.7 cm³/mol. The molecule has 0 spiro atoms. The van der Waals surface area contributed by atoms with E-state index in [4.69, 9.17) is 5.73 Å². The molecule has 4 N–H and O–H groups in total. The van der Waals surface area contributed by atoms with Gasteiger partial charge in [-0.2, -0.15) is 0 Å². The predicted octanol–water partition coefficient (Wildman–Crippen LogP) is 1.40. The molecule has 0 amide bonds. The van der Waals surface area contributed by atoms with E-state index in [0.29, 0.717) is 6.54 Å². The molecular weight excluding hydrogens is 214 g/mol. The number of nitrogens with two attached hydrogens (primary N) is 1. The number of rotatable bonds is 5. The lowest BCUT2D eigenvalue weighted by atomic mass is 10.2. The minimum atomic E-state index is 0.603. The quantitative estimate of drug-likeness (QED) is 0.726. The normalized spacial score (nSPS) is 10.5. The second-order valence-electron chi connectivity index (χ2n) is 3.74. The summed E-state index contributed by atoms with van der Waals surface area (Å²) in [5.41, 5.74) is 7.56. The molecule has 0 aliphatic heterocycles. The van der Waals surface area contributed by atoms with E-state index in [1.54, 1.807) is 6.20 Å². The Balaban J connectivity index is 2.22. The smallest absolute Gasteiger partial charge is 0.126 e. The molecule has 0 bridgehead atoms. The van der Waals surface area contributed by atoms with E-state index in [-0.39, 0.29) is 0 Å². The molecule has 0 atom stereocenters. The van der Waals surface area contributed by atoms with Crippen molar-refractivity contribution in [3.05, 3.63) is 30.4 Å². The Morgan fingerprint density at radius 3 is 3.06 bits per heavy atom. The largest absolute Gasteiger partial charge is 0.370 e. The van der Waals surface area contributed by atoms with Crippen molar-refractivity contribution in [1.29, 1.82) is 0 Å². The highest BCUT2D eigenvalue weighted by atomic mass is 15.0. The first-order valence-corrected chi connectivity index (χ1v) is 5.77. The number of nitrogens with zero attached hydrogens (tertiary/aromatic N) is 2. The summed E-state index contributed by atoms with van der Waals surface area (Å²) in [5, 5.41) is 3.18. The van der Waals surface area contributed by atoms with Crippen LogP contribution in [-0.2, 0) is 6.42 Å². The summed E-state index contributed by atoms with van der Waals surface area (Å²) in [4.78, 5) is 11.8. The summed E-state index contributed by atoms with van der Waals surface area (Å²) in [6, 6.07) is 3.96. The van der Waals surface area contributed by atoms with Crippen molar-refractivity contribution in [3.63, 3.8) is 0 Å². The Hall–Kier alpha value is -1.88. The lowest BCUT2D eigenvalue weighted by Crippen LogP contribution is -2.03. The standard InChI is InChI=1S/C12H17N5/c1-2-14-12-7-9(4-6-15-12)10-8-16-11(17-10)3-5-13/h4,6-8H,2-3,5,13H2,1H3,(H,14,15)(H,16,17). The maximum Gasteiger partial charge on any atom is 0.126 e. The monoisotopic (exact) mass is 231 g/mol. The first-order chi connectivity index (χ1) is 8.33. The number of hydrogen-bond donors (Lipinski definition) is 3. The van der Waals surface area contributed by atoms with E-state index in [1.165, 1.54) is 0 Å². The average Bonchev–Trinajstić information content (AvgIpc) is 2.79. The zero-order chi connectivity index (χ0) is 12.1.